The SMILES string of the molecule is Cc1ccccc1N(C)CC(N)(C(=O)O)C1CC1. The van der Waals surface area contributed by atoms with Crippen LogP contribution in [0.2, 0.25) is 0 Å². The summed E-state index contributed by atoms with van der Waals surface area (Å²) in [6.07, 6.45) is 1.84. The highest BCUT2D eigenvalue weighted by Crippen LogP contribution is 2.39. The molecule has 3 N–H and O–H groups in total. The lowest BCUT2D eigenvalue weighted by Gasteiger charge is -2.32. The van der Waals surface area contributed by atoms with E-state index in [4.69, 9.17) is 5.73 Å². The predicted octanol–water partition coefficient (Wildman–Crippen LogP) is 1.62. The molecule has 1 aliphatic carbocycles. The van der Waals surface area contributed by atoms with Crippen molar-refractivity contribution in [1.29, 1.82) is 0 Å². The Labute approximate surface area is 107 Å². The van der Waals surface area contributed by atoms with E-state index in [0.29, 0.717) is 6.54 Å². The highest BCUT2D eigenvalue weighted by atomic mass is 16.4. The zero-order chi connectivity index (χ0) is 13.3. The number of nitrogens with zero attached hydrogens (tertiary/aromatic N) is 1. The average Bonchev–Trinajstić information content (AvgIpc) is 3.13. The lowest BCUT2D eigenvalue weighted by Crippen LogP contribution is -2.57. The number of hydrogen-bond donors (Lipinski definition) is 2. The van der Waals surface area contributed by atoms with Crippen molar-refractivity contribution in [2.24, 2.45) is 11.7 Å². The largest absolute Gasteiger partial charge is 0.480 e. The maximum absolute atomic E-state index is 11.4. The van der Waals surface area contributed by atoms with Crippen LogP contribution in [0.25, 0.3) is 0 Å². The highest BCUT2D eigenvalue weighted by Gasteiger charge is 2.49. The fraction of sp³-hybridized carbons (Fsp3) is 0.500. The number of para-hydroxylation sites is 1. The maximum Gasteiger partial charge on any atom is 0.325 e. The van der Waals surface area contributed by atoms with Gasteiger partial charge in [-0.15, -0.1) is 0 Å². The third-order valence-corrected chi connectivity index (χ3v) is 3.73. The van der Waals surface area contributed by atoms with Crippen LogP contribution in [0.4, 0.5) is 5.69 Å². The lowest BCUT2D eigenvalue weighted by atomic mass is 9.93. The van der Waals surface area contributed by atoms with Gasteiger partial charge in [-0.1, -0.05) is 18.2 Å². The van der Waals surface area contributed by atoms with Gasteiger partial charge in [0.05, 0.1) is 0 Å². The topological polar surface area (TPSA) is 66.6 Å². The summed E-state index contributed by atoms with van der Waals surface area (Å²) in [5.41, 5.74) is 7.13. The van der Waals surface area contributed by atoms with Crippen LogP contribution in [-0.2, 0) is 4.79 Å². The molecule has 1 aliphatic rings. The minimum absolute atomic E-state index is 0.112. The zero-order valence-corrected chi connectivity index (χ0v) is 10.9. The average molecular weight is 248 g/mol. The second-order valence-electron chi connectivity index (χ2n) is 5.26. The number of nitrogens with two attached hydrogens (primary N) is 1. The first-order valence-electron chi connectivity index (χ1n) is 6.24. The fourth-order valence-corrected chi connectivity index (χ4v) is 2.44. The Hall–Kier alpha value is -1.55. The first-order chi connectivity index (χ1) is 8.45. The molecular weight excluding hydrogens is 228 g/mol. The Morgan fingerprint density at radius 1 is 1.50 bits per heavy atom. The molecule has 1 aromatic carbocycles. The number of anilines is 1. The van der Waals surface area contributed by atoms with E-state index in [1.54, 1.807) is 0 Å². The molecule has 2 rings (SSSR count). The minimum atomic E-state index is -1.13. The van der Waals surface area contributed by atoms with Crippen molar-refractivity contribution in [3.05, 3.63) is 29.8 Å². The van der Waals surface area contributed by atoms with Crippen LogP contribution in [-0.4, -0.2) is 30.2 Å². The van der Waals surface area contributed by atoms with Gasteiger partial charge in [0.25, 0.3) is 0 Å². The van der Waals surface area contributed by atoms with E-state index in [-0.39, 0.29) is 5.92 Å². The van der Waals surface area contributed by atoms with Gasteiger partial charge in [-0.05, 0) is 37.3 Å². The molecule has 0 heterocycles. The summed E-state index contributed by atoms with van der Waals surface area (Å²) in [7, 11) is 1.90. The molecule has 0 aromatic heterocycles. The summed E-state index contributed by atoms with van der Waals surface area (Å²) in [5, 5.41) is 9.36. The van der Waals surface area contributed by atoms with E-state index in [1.807, 2.05) is 43.1 Å². The number of rotatable bonds is 5. The summed E-state index contributed by atoms with van der Waals surface area (Å²) in [6, 6.07) is 7.93. The van der Waals surface area contributed by atoms with Crippen LogP contribution in [0.15, 0.2) is 24.3 Å². The van der Waals surface area contributed by atoms with Crippen molar-refractivity contribution in [3.63, 3.8) is 0 Å². The molecule has 1 aromatic rings. The van der Waals surface area contributed by atoms with Crippen LogP contribution >= 0.6 is 0 Å². The Morgan fingerprint density at radius 2 is 2.11 bits per heavy atom. The van der Waals surface area contributed by atoms with Gasteiger partial charge >= 0.3 is 5.97 Å². The molecule has 4 nitrogen and oxygen atoms in total. The molecule has 1 unspecified atom stereocenters. The van der Waals surface area contributed by atoms with Crippen molar-refractivity contribution in [2.75, 3.05) is 18.5 Å². The summed E-state index contributed by atoms with van der Waals surface area (Å²) in [6.45, 7) is 2.36. The van der Waals surface area contributed by atoms with Crippen molar-refractivity contribution in [2.45, 2.75) is 25.3 Å². The van der Waals surface area contributed by atoms with Crippen molar-refractivity contribution in [3.8, 4) is 0 Å². The number of carboxylic acids is 1. The smallest absolute Gasteiger partial charge is 0.325 e. The molecule has 1 fully saturated rings. The Kier molecular flexibility index (Phi) is 3.30. The van der Waals surface area contributed by atoms with Gasteiger partial charge in [0.2, 0.25) is 0 Å². The normalized spacial score (nSPS) is 18.2. The van der Waals surface area contributed by atoms with E-state index < -0.39 is 11.5 Å². The molecule has 0 bridgehead atoms. The second-order valence-corrected chi connectivity index (χ2v) is 5.26. The molecule has 4 heteroatoms. The molecule has 0 saturated heterocycles. The molecule has 0 spiro atoms. The number of aryl methyl sites for hydroxylation is 1. The minimum Gasteiger partial charge on any atom is -0.480 e. The molecule has 98 valence electrons. The summed E-state index contributed by atoms with van der Waals surface area (Å²) >= 11 is 0. The van der Waals surface area contributed by atoms with Gasteiger partial charge in [0.15, 0.2) is 0 Å². The monoisotopic (exact) mass is 248 g/mol. The number of aliphatic carboxylic acids is 1. The predicted molar refractivity (Wildman–Crippen MR) is 71.7 cm³/mol. The first-order valence-corrected chi connectivity index (χ1v) is 6.24. The molecular formula is C14H20N2O2. The Bertz CT molecular complexity index is 457. The molecule has 1 saturated carbocycles. The van der Waals surface area contributed by atoms with Crippen molar-refractivity contribution < 1.29 is 9.90 Å². The standard InChI is InChI=1S/C14H20N2O2/c1-10-5-3-4-6-12(10)16(2)9-14(15,13(17)18)11-7-8-11/h3-6,11H,7-9,15H2,1-2H3,(H,17,18). The summed E-state index contributed by atoms with van der Waals surface area (Å²) in [5.74, 6) is -0.785. The molecule has 18 heavy (non-hydrogen) atoms. The Morgan fingerprint density at radius 3 is 2.61 bits per heavy atom. The zero-order valence-electron chi connectivity index (χ0n) is 10.9. The van der Waals surface area contributed by atoms with Crippen LogP contribution in [0.1, 0.15) is 18.4 Å². The van der Waals surface area contributed by atoms with E-state index in [1.165, 1.54) is 0 Å². The molecule has 0 amide bonds. The number of hydrogen-bond acceptors (Lipinski definition) is 3. The highest BCUT2D eigenvalue weighted by molar-refractivity contribution is 5.80. The third kappa shape index (κ3) is 2.34. The van der Waals surface area contributed by atoms with Crippen LogP contribution in [0.5, 0.6) is 0 Å². The van der Waals surface area contributed by atoms with Crippen LogP contribution in [0, 0.1) is 12.8 Å². The summed E-state index contributed by atoms with van der Waals surface area (Å²) < 4.78 is 0. The first kappa shape index (κ1) is 12.9. The van der Waals surface area contributed by atoms with Gasteiger partial charge in [-0.25, -0.2) is 0 Å². The van der Waals surface area contributed by atoms with Crippen LogP contribution in [0.3, 0.4) is 0 Å². The van der Waals surface area contributed by atoms with Gasteiger partial charge < -0.3 is 15.7 Å². The quantitative estimate of drug-likeness (QED) is 0.831. The number of carboxylic acid groups (broad SMARTS) is 1. The van der Waals surface area contributed by atoms with Crippen molar-refractivity contribution in [1.82, 2.24) is 0 Å². The van der Waals surface area contributed by atoms with Gasteiger partial charge in [-0.2, -0.15) is 0 Å². The van der Waals surface area contributed by atoms with Crippen LogP contribution < -0.4 is 10.6 Å². The van der Waals surface area contributed by atoms with E-state index in [0.717, 1.165) is 24.1 Å². The Balaban J connectivity index is 2.17. The second kappa shape index (κ2) is 4.61. The van der Waals surface area contributed by atoms with E-state index in [9.17, 15) is 9.90 Å². The summed E-state index contributed by atoms with van der Waals surface area (Å²) in [4.78, 5) is 13.3. The van der Waals surface area contributed by atoms with Gasteiger partial charge in [-0.3, -0.25) is 4.79 Å². The van der Waals surface area contributed by atoms with Crippen molar-refractivity contribution >= 4 is 11.7 Å². The fourth-order valence-electron chi connectivity index (χ4n) is 2.44. The third-order valence-electron chi connectivity index (χ3n) is 3.73. The number of likely N-dealkylation sites (N-methyl/N-ethyl adjacent to an activating group) is 1. The molecule has 0 aliphatic heterocycles. The number of carbonyl (C=O) groups is 1. The van der Waals surface area contributed by atoms with Gasteiger partial charge in [0.1, 0.15) is 5.54 Å². The lowest BCUT2D eigenvalue weighted by molar-refractivity contribution is -0.143. The molecule has 1 atom stereocenters. The van der Waals surface area contributed by atoms with E-state index in [2.05, 4.69) is 0 Å². The van der Waals surface area contributed by atoms with E-state index >= 15 is 0 Å². The number of benzene rings is 1. The van der Waals surface area contributed by atoms with Gasteiger partial charge in [0, 0.05) is 19.3 Å². The maximum atomic E-state index is 11.4. The molecule has 0 radical (unpaired) electrons.